The number of nitro groups is 1. The Morgan fingerprint density at radius 3 is 2.47 bits per heavy atom. The van der Waals surface area contributed by atoms with Crippen LogP contribution in [0.25, 0.3) is 0 Å². The van der Waals surface area contributed by atoms with Crippen LogP contribution < -0.4 is 5.32 Å². The molecule has 2 aromatic heterocycles. The Morgan fingerprint density at radius 2 is 1.88 bits per heavy atom. The van der Waals surface area contributed by atoms with Gasteiger partial charge in [0.1, 0.15) is 12.4 Å². The van der Waals surface area contributed by atoms with Crippen LogP contribution in [0.2, 0.25) is 0 Å². The summed E-state index contributed by atoms with van der Waals surface area (Å²) < 4.78 is 0. The van der Waals surface area contributed by atoms with Gasteiger partial charge >= 0.3 is 5.69 Å². The number of hydrogen-bond acceptors (Lipinski definition) is 6. The number of nitrogens with zero attached hydrogens (tertiary/aromatic N) is 4. The van der Waals surface area contributed by atoms with E-state index in [0.29, 0.717) is 12.5 Å². The fourth-order valence-corrected chi connectivity index (χ4v) is 1.19. The van der Waals surface area contributed by atoms with Crippen molar-refractivity contribution in [1.82, 2.24) is 15.0 Å². The monoisotopic (exact) mass is 231 g/mol. The molecule has 7 heteroatoms. The second kappa shape index (κ2) is 4.97. The highest BCUT2D eigenvalue weighted by molar-refractivity contribution is 5.31. The molecule has 0 atom stereocenters. The number of anilines is 1. The first-order valence-corrected chi connectivity index (χ1v) is 4.85. The summed E-state index contributed by atoms with van der Waals surface area (Å²) in [6, 6.07) is 3.72. The van der Waals surface area contributed by atoms with Gasteiger partial charge < -0.3 is 5.32 Å². The van der Waals surface area contributed by atoms with Crippen molar-refractivity contribution in [2.45, 2.75) is 6.54 Å². The van der Waals surface area contributed by atoms with E-state index in [1.54, 1.807) is 12.4 Å². The van der Waals surface area contributed by atoms with Crippen molar-refractivity contribution in [2.75, 3.05) is 5.32 Å². The Bertz CT molecular complexity index is 500. The summed E-state index contributed by atoms with van der Waals surface area (Å²) in [7, 11) is 0. The highest BCUT2D eigenvalue weighted by atomic mass is 16.6. The fourth-order valence-electron chi connectivity index (χ4n) is 1.19. The third-order valence-electron chi connectivity index (χ3n) is 2.05. The summed E-state index contributed by atoms with van der Waals surface area (Å²) in [5, 5.41) is 13.3. The van der Waals surface area contributed by atoms with Gasteiger partial charge in [-0.05, 0) is 17.7 Å². The number of nitrogens with one attached hydrogen (secondary N) is 1. The molecule has 2 aromatic rings. The first-order valence-electron chi connectivity index (χ1n) is 4.85. The summed E-state index contributed by atoms with van der Waals surface area (Å²) in [5.74, 6) is 0.354. The maximum absolute atomic E-state index is 10.4. The largest absolute Gasteiger partial charge is 0.350 e. The van der Waals surface area contributed by atoms with Crippen LogP contribution in [-0.4, -0.2) is 19.9 Å². The van der Waals surface area contributed by atoms with Crippen LogP contribution in [0.15, 0.2) is 36.9 Å². The average Bonchev–Trinajstić information content (AvgIpc) is 2.38. The zero-order chi connectivity index (χ0) is 12.1. The lowest BCUT2D eigenvalue weighted by Gasteiger charge is -2.03. The number of hydrogen-bond donors (Lipinski definition) is 1. The van der Waals surface area contributed by atoms with E-state index in [0.717, 1.165) is 5.56 Å². The van der Waals surface area contributed by atoms with Gasteiger partial charge in [0.15, 0.2) is 0 Å². The van der Waals surface area contributed by atoms with Crippen molar-refractivity contribution in [3.63, 3.8) is 0 Å². The first-order chi connectivity index (χ1) is 8.25. The van der Waals surface area contributed by atoms with Crippen LogP contribution in [0.4, 0.5) is 11.6 Å². The van der Waals surface area contributed by atoms with Crippen molar-refractivity contribution in [1.29, 1.82) is 0 Å². The zero-order valence-electron chi connectivity index (χ0n) is 8.78. The van der Waals surface area contributed by atoms with Crippen LogP contribution in [0.5, 0.6) is 0 Å². The van der Waals surface area contributed by atoms with Crippen molar-refractivity contribution in [3.8, 4) is 0 Å². The molecular formula is C10H9N5O2. The van der Waals surface area contributed by atoms with Crippen molar-refractivity contribution in [2.24, 2.45) is 0 Å². The van der Waals surface area contributed by atoms with Gasteiger partial charge in [-0.25, -0.2) is 9.97 Å². The van der Waals surface area contributed by atoms with E-state index in [4.69, 9.17) is 0 Å². The molecule has 0 saturated carbocycles. The summed E-state index contributed by atoms with van der Waals surface area (Å²) in [4.78, 5) is 21.4. The molecule has 17 heavy (non-hydrogen) atoms. The summed E-state index contributed by atoms with van der Waals surface area (Å²) in [6.45, 7) is 0.542. The van der Waals surface area contributed by atoms with Crippen LogP contribution >= 0.6 is 0 Å². The number of aromatic nitrogens is 3. The Labute approximate surface area is 96.7 Å². The molecule has 0 fully saturated rings. The maximum Gasteiger partial charge on any atom is 0.305 e. The van der Waals surface area contributed by atoms with E-state index in [2.05, 4.69) is 20.3 Å². The predicted molar refractivity (Wildman–Crippen MR) is 60.3 cm³/mol. The van der Waals surface area contributed by atoms with E-state index in [1.165, 1.54) is 12.4 Å². The van der Waals surface area contributed by atoms with Crippen LogP contribution in [0.1, 0.15) is 5.56 Å². The minimum Gasteiger partial charge on any atom is -0.350 e. The number of rotatable bonds is 4. The minimum absolute atomic E-state index is 0.125. The molecule has 2 rings (SSSR count). The van der Waals surface area contributed by atoms with Gasteiger partial charge in [0.2, 0.25) is 5.95 Å². The predicted octanol–water partition coefficient (Wildman–Crippen LogP) is 1.39. The second-order valence-corrected chi connectivity index (χ2v) is 3.23. The Balaban J connectivity index is 1.98. The third-order valence-corrected chi connectivity index (χ3v) is 2.05. The maximum atomic E-state index is 10.4. The van der Waals surface area contributed by atoms with E-state index in [-0.39, 0.29) is 5.69 Å². The second-order valence-electron chi connectivity index (χ2n) is 3.23. The standard InChI is InChI=1S/C10H9N5O2/c16-15(17)9-6-13-10(14-7-9)12-5-8-1-3-11-4-2-8/h1-4,6-7H,5H2,(H,12,13,14). The Hall–Kier alpha value is -2.57. The molecule has 0 aromatic carbocycles. The Morgan fingerprint density at radius 1 is 1.24 bits per heavy atom. The smallest absolute Gasteiger partial charge is 0.305 e. The fraction of sp³-hybridized carbons (Fsp3) is 0.100. The van der Waals surface area contributed by atoms with E-state index < -0.39 is 4.92 Å². The van der Waals surface area contributed by atoms with Gasteiger partial charge in [-0.15, -0.1) is 0 Å². The molecule has 2 heterocycles. The molecule has 0 unspecified atom stereocenters. The molecule has 0 aliphatic heterocycles. The van der Waals surface area contributed by atoms with Gasteiger partial charge in [-0.3, -0.25) is 15.1 Å². The Kier molecular flexibility index (Phi) is 3.20. The van der Waals surface area contributed by atoms with Gasteiger partial charge in [0.05, 0.1) is 4.92 Å². The van der Waals surface area contributed by atoms with Crippen molar-refractivity contribution < 1.29 is 4.92 Å². The highest BCUT2D eigenvalue weighted by Gasteiger charge is 2.05. The quantitative estimate of drug-likeness (QED) is 0.631. The lowest BCUT2D eigenvalue weighted by molar-refractivity contribution is -0.385. The van der Waals surface area contributed by atoms with Crippen LogP contribution in [0.3, 0.4) is 0 Å². The SMILES string of the molecule is O=[N+]([O-])c1cnc(NCc2ccncc2)nc1. The number of pyridine rings is 1. The third kappa shape index (κ3) is 2.94. The lowest BCUT2D eigenvalue weighted by Crippen LogP contribution is -2.03. The molecule has 7 nitrogen and oxygen atoms in total. The first kappa shape index (κ1) is 10.9. The summed E-state index contributed by atoms with van der Waals surface area (Å²) in [5.41, 5.74) is 0.904. The average molecular weight is 231 g/mol. The molecule has 0 radical (unpaired) electrons. The lowest BCUT2D eigenvalue weighted by atomic mass is 10.3. The molecule has 1 N–H and O–H groups in total. The summed E-state index contributed by atoms with van der Waals surface area (Å²) >= 11 is 0. The van der Waals surface area contributed by atoms with E-state index >= 15 is 0 Å². The summed E-state index contributed by atoms with van der Waals surface area (Å²) in [6.07, 6.45) is 5.71. The van der Waals surface area contributed by atoms with Gasteiger partial charge in [0, 0.05) is 18.9 Å². The van der Waals surface area contributed by atoms with Crippen LogP contribution in [0, 0.1) is 10.1 Å². The van der Waals surface area contributed by atoms with Gasteiger partial charge in [0.25, 0.3) is 0 Å². The molecule has 0 aliphatic carbocycles. The molecule has 0 spiro atoms. The van der Waals surface area contributed by atoms with Crippen LogP contribution in [-0.2, 0) is 6.54 Å². The zero-order valence-corrected chi connectivity index (χ0v) is 8.78. The molecule has 0 bridgehead atoms. The van der Waals surface area contributed by atoms with Gasteiger partial charge in [-0.2, -0.15) is 0 Å². The van der Waals surface area contributed by atoms with Crippen molar-refractivity contribution >= 4 is 11.6 Å². The molecule has 0 saturated heterocycles. The van der Waals surface area contributed by atoms with E-state index in [1.807, 2.05) is 12.1 Å². The highest BCUT2D eigenvalue weighted by Crippen LogP contribution is 2.08. The molecule has 86 valence electrons. The van der Waals surface area contributed by atoms with Gasteiger partial charge in [-0.1, -0.05) is 0 Å². The topological polar surface area (TPSA) is 93.8 Å². The van der Waals surface area contributed by atoms with E-state index in [9.17, 15) is 10.1 Å². The molecule has 0 aliphatic rings. The van der Waals surface area contributed by atoms with Crippen molar-refractivity contribution in [3.05, 3.63) is 52.6 Å². The molecule has 0 amide bonds. The molecular weight excluding hydrogens is 222 g/mol. The normalized spacial score (nSPS) is 9.88. The minimum atomic E-state index is -0.535.